The normalized spacial score (nSPS) is 14.5. The lowest BCUT2D eigenvalue weighted by molar-refractivity contribution is 0.0500. The summed E-state index contributed by atoms with van der Waals surface area (Å²) in [7, 11) is 0. The van der Waals surface area contributed by atoms with Crippen molar-refractivity contribution >= 4 is 22.6 Å². The number of aromatic nitrogens is 2. The minimum atomic E-state index is -0.297. The number of ether oxygens (including phenoxy) is 2. The predicted molar refractivity (Wildman–Crippen MR) is 144 cm³/mol. The number of H-pyrrole nitrogens is 1. The fourth-order valence-corrected chi connectivity index (χ4v) is 4.64. The summed E-state index contributed by atoms with van der Waals surface area (Å²) >= 11 is 0. The molecule has 3 aromatic carbocycles. The highest BCUT2D eigenvalue weighted by Gasteiger charge is 2.24. The number of aromatic amines is 1. The minimum absolute atomic E-state index is 0.0787. The van der Waals surface area contributed by atoms with E-state index in [0.29, 0.717) is 35.5 Å². The smallest absolute Gasteiger partial charge is 0.338 e. The lowest BCUT2D eigenvalue weighted by Gasteiger charge is -2.16. The van der Waals surface area contributed by atoms with Gasteiger partial charge in [0.05, 0.1) is 35.7 Å². The highest BCUT2D eigenvalue weighted by molar-refractivity contribution is 5.89. The van der Waals surface area contributed by atoms with Gasteiger partial charge in [-0.3, -0.25) is 4.79 Å². The van der Waals surface area contributed by atoms with Crippen molar-refractivity contribution in [2.24, 2.45) is 0 Å². The molecule has 0 bridgehead atoms. The summed E-state index contributed by atoms with van der Waals surface area (Å²) in [5, 5.41) is 4.12. The molecule has 0 amide bonds. The Hall–Kier alpha value is -3.97. The molecule has 1 unspecified atom stereocenters. The first-order valence-electron chi connectivity index (χ1n) is 12.8. The van der Waals surface area contributed by atoms with Gasteiger partial charge in [-0.2, -0.15) is 0 Å². The van der Waals surface area contributed by atoms with Gasteiger partial charge in [0, 0.05) is 5.69 Å². The number of hydrogen-bond donors (Lipinski definition) is 2. The lowest BCUT2D eigenvalue weighted by atomic mass is 10.0. The maximum atomic E-state index is 12.9. The molecule has 0 saturated heterocycles. The van der Waals surface area contributed by atoms with Gasteiger partial charge in [0.15, 0.2) is 0 Å². The number of fused-ring (bicyclic) bond motifs is 2. The fourth-order valence-electron chi connectivity index (χ4n) is 4.64. The second kappa shape index (κ2) is 11.4. The molecule has 1 atom stereocenters. The molecular weight excluding hydrogens is 466 g/mol. The van der Waals surface area contributed by atoms with Crippen molar-refractivity contribution in [3.05, 3.63) is 105 Å². The number of carbonyl (C=O) groups is 1. The van der Waals surface area contributed by atoms with Crippen LogP contribution in [-0.4, -0.2) is 22.5 Å². The third-order valence-electron chi connectivity index (χ3n) is 6.64. The molecule has 0 fully saturated rings. The molecule has 5 rings (SSSR count). The van der Waals surface area contributed by atoms with Crippen LogP contribution in [0.1, 0.15) is 65.1 Å². The Labute approximate surface area is 215 Å². The van der Waals surface area contributed by atoms with Crippen molar-refractivity contribution in [1.82, 2.24) is 9.97 Å². The average Bonchev–Trinajstić information content (AvgIpc) is 3.30. The summed E-state index contributed by atoms with van der Waals surface area (Å²) in [6.07, 6.45) is 3.67. The van der Waals surface area contributed by atoms with Crippen LogP contribution < -0.4 is 10.9 Å². The average molecular weight is 498 g/mol. The zero-order chi connectivity index (χ0) is 25.6. The molecule has 37 heavy (non-hydrogen) atoms. The quantitative estimate of drug-likeness (QED) is 0.216. The zero-order valence-electron chi connectivity index (χ0n) is 21.0. The molecule has 2 N–H and O–H groups in total. The van der Waals surface area contributed by atoms with Crippen molar-refractivity contribution in [3.63, 3.8) is 0 Å². The Morgan fingerprint density at radius 2 is 1.89 bits per heavy atom. The van der Waals surface area contributed by atoms with E-state index in [4.69, 9.17) is 9.47 Å². The minimum Gasteiger partial charge on any atom is -0.462 e. The van der Waals surface area contributed by atoms with Gasteiger partial charge in [0.25, 0.3) is 5.56 Å². The summed E-state index contributed by atoms with van der Waals surface area (Å²) in [5.41, 5.74) is 5.35. The van der Waals surface area contributed by atoms with Gasteiger partial charge in [-0.05, 0) is 72.4 Å². The molecule has 1 aliphatic carbocycles. The monoisotopic (exact) mass is 497 g/mol. The second-order valence-electron chi connectivity index (χ2n) is 9.36. The molecule has 0 radical (unpaired) electrons. The van der Waals surface area contributed by atoms with E-state index in [1.54, 1.807) is 12.1 Å². The largest absolute Gasteiger partial charge is 0.462 e. The molecule has 190 valence electrons. The summed E-state index contributed by atoms with van der Waals surface area (Å²) in [6, 6.07) is 21.3. The van der Waals surface area contributed by atoms with Crippen LogP contribution in [0.2, 0.25) is 0 Å². The number of rotatable bonds is 10. The maximum absolute atomic E-state index is 12.9. The van der Waals surface area contributed by atoms with Crippen molar-refractivity contribution in [3.8, 4) is 0 Å². The van der Waals surface area contributed by atoms with Crippen molar-refractivity contribution in [1.29, 1.82) is 0 Å². The number of esters is 1. The van der Waals surface area contributed by atoms with Crippen LogP contribution in [-0.2, 0) is 29.1 Å². The first-order valence-corrected chi connectivity index (χ1v) is 12.8. The van der Waals surface area contributed by atoms with E-state index in [9.17, 15) is 9.59 Å². The van der Waals surface area contributed by atoms with Crippen LogP contribution in [0, 0.1) is 0 Å². The van der Waals surface area contributed by atoms with Gasteiger partial charge >= 0.3 is 5.97 Å². The zero-order valence-corrected chi connectivity index (χ0v) is 21.0. The molecule has 1 heterocycles. The highest BCUT2D eigenvalue weighted by Crippen LogP contribution is 2.35. The van der Waals surface area contributed by atoms with Crippen LogP contribution >= 0.6 is 0 Å². The number of carbonyl (C=O) groups excluding carboxylic acids is 1. The van der Waals surface area contributed by atoms with Crippen LogP contribution in [0.15, 0.2) is 71.5 Å². The van der Waals surface area contributed by atoms with Crippen LogP contribution in [0.4, 0.5) is 5.69 Å². The van der Waals surface area contributed by atoms with E-state index in [0.717, 1.165) is 42.5 Å². The maximum Gasteiger partial charge on any atom is 0.338 e. The Morgan fingerprint density at radius 1 is 1.08 bits per heavy atom. The number of anilines is 1. The Morgan fingerprint density at radius 3 is 2.68 bits per heavy atom. The van der Waals surface area contributed by atoms with E-state index in [1.165, 1.54) is 5.56 Å². The number of benzene rings is 3. The Balaban J connectivity index is 1.26. The van der Waals surface area contributed by atoms with Crippen LogP contribution in [0.3, 0.4) is 0 Å². The third-order valence-corrected chi connectivity index (χ3v) is 6.64. The first kappa shape index (κ1) is 24.7. The Bertz CT molecular complexity index is 1430. The van der Waals surface area contributed by atoms with Gasteiger partial charge in [-0.15, -0.1) is 0 Å². The predicted octanol–water partition coefficient (Wildman–Crippen LogP) is 5.70. The van der Waals surface area contributed by atoms with Crippen LogP contribution in [0.25, 0.3) is 10.9 Å². The lowest BCUT2D eigenvalue weighted by Crippen LogP contribution is -2.14. The third kappa shape index (κ3) is 5.89. The molecular formula is C30H31N3O4. The van der Waals surface area contributed by atoms with E-state index in [1.807, 2.05) is 54.6 Å². The molecule has 0 saturated carbocycles. The number of aryl methyl sites for hydroxylation is 1. The number of hydrogen-bond acceptors (Lipinski definition) is 6. The first-order chi connectivity index (χ1) is 18.1. The molecule has 0 spiro atoms. The number of unbranched alkanes of at least 4 members (excludes halogenated alkanes) is 1. The van der Waals surface area contributed by atoms with Gasteiger partial charge in [0.2, 0.25) is 0 Å². The Kier molecular flexibility index (Phi) is 7.61. The highest BCUT2D eigenvalue weighted by atomic mass is 16.5. The second-order valence-corrected chi connectivity index (χ2v) is 9.36. The number of nitrogens with one attached hydrogen (secondary N) is 2. The standard InChI is InChI=1S/C30H31N3O4/c1-2-3-15-37-30(35)21-9-12-23(13-10-21)31-26-14-11-22-16-27-25(17-24(22)26)29(34)33-28(32-27)19-36-18-20-7-5-4-6-8-20/h4-10,12-13,16-17,26,31H,2-3,11,14-15,18-19H2,1H3,(H,32,33,34). The van der Waals surface area contributed by atoms with Gasteiger partial charge in [-0.1, -0.05) is 43.7 Å². The van der Waals surface area contributed by atoms with Gasteiger partial charge < -0.3 is 19.8 Å². The fraction of sp³-hybridized carbons (Fsp3) is 0.300. The van der Waals surface area contributed by atoms with E-state index in [-0.39, 0.29) is 24.2 Å². The summed E-state index contributed by atoms with van der Waals surface area (Å²) in [6.45, 7) is 3.20. The summed E-state index contributed by atoms with van der Waals surface area (Å²) < 4.78 is 11.0. The van der Waals surface area contributed by atoms with Gasteiger partial charge in [-0.25, -0.2) is 9.78 Å². The summed E-state index contributed by atoms with van der Waals surface area (Å²) in [5.74, 6) is 0.226. The summed E-state index contributed by atoms with van der Waals surface area (Å²) in [4.78, 5) is 32.6. The molecule has 4 aromatic rings. The van der Waals surface area contributed by atoms with Gasteiger partial charge in [0.1, 0.15) is 12.4 Å². The van der Waals surface area contributed by atoms with E-state index < -0.39 is 0 Å². The molecule has 1 aliphatic rings. The van der Waals surface area contributed by atoms with Crippen molar-refractivity contribution < 1.29 is 14.3 Å². The molecule has 7 heteroatoms. The van der Waals surface area contributed by atoms with E-state index >= 15 is 0 Å². The molecule has 1 aromatic heterocycles. The molecule has 0 aliphatic heterocycles. The number of nitrogens with zero attached hydrogens (tertiary/aromatic N) is 1. The molecule has 7 nitrogen and oxygen atoms in total. The SMILES string of the molecule is CCCCOC(=O)c1ccc(NC2CCc3cc4nc(COCc5ccccc5)[nH]c(=O)c4cc32)cc1. The van der Waals surface area contributed by atoms with E-state index in [2.05, 4.69) is 22.2 Å². The van der Waals surface area contributed by atoms with Crippen molar-refractivity contribution in [2.45, 2.75) is 51.9 Å². The topological polar surface area (TPSA) is 93.3 Å². The van der Waals surface area contributed by atoms with Crippen molar-refractivity contribution in [2.75, 3.05) is 11.9 Å². The van der Waals surface area contributed by atoms with Crippen LogP contribution in [0.5, 0.6) is 0 Å².